The number of nitrogens with one attached hydrogen (secondary N) is 1. The summed E-state index contributed by atoms with van der Waals surface area (Å²) in [6.07, 6.45) is 3.13. The molecule has 17 heavy (non-hydrogen) atoms. The number of nitrogens with zero attached hydrogens (tertiary/aromatic N) is 3. The van der Waals surface area contributed by atoms with Gasteiger partial charge in [-0.1, -0.05) is 0 Å². The molecular formula is C13H22N4. The predicted molar refractivity (Wildman–Crippen MR) is 71.3 cm³/mol. The highest BCUT2D eigenvalue weighted by molar-refractivity contribution is 5.42. The molecule has 1 aliphatic rings. The van der Waals surface area contributed by atoms with Crippen molar-refractivity contribution in [2.45, 2.75) is 19.0 Å². The number of aromatic nitrogens is 1. The normalized spacial score (nSPS) is 20.2. The summed E-state index contributed by atoms with van der Waals surface area (Å²) >= 11 is 0. The minimum atomic E-state index is 0.657. The van der Waals surface area contributed by atoms with Crippen LogP contribution >= 0.6 is 0 Å². The molecule has 2 heterocycles. The lowest BCUT2D eigenvalue weighted by Gasteiger charge is -2.21. The lowest BCUT2D eigenvalue weighted by Crippen LogP contribution is -2.31. The van der Waals surface area contributed by atoms with Crippen LogP contribution in [0.2, 0.25) is 0 Å². The molecule has 1 N–H and O–H groups in total. The van der Waals surface area contributed by atoms with Crippen molar-refractivity contribution in [1.82, 2.24) is 15.2 Å². The van der Waals surface area contributed by atoms with Gasteiger partial charge in [0, 0.05) is 31.9 Å². The first kappa shape index (κ1) is 12.3. The highest BCUT2D eigenvalue weighted by Gasteiger charge is 2.24. The molecule has 1 aromatic rings. The maximum Gasteiger partial charge on any atom is 0.128 e. The van der Waals surface area contributed by atoms with Gasteiger partial charge in [-0.2, -0.15) is 0 Å². The number of rotatable bonds is 4. The highest BCUT2D eigenvalue weighted by Crippen LogP contribution is 2.20. The van der Waals surface area contributed by atoms with Crippen molar-refractivity contribution in [1.29, 1.82) is 0 Å². The third-order valence-electron chi connectivity index (χ3n) is 3.41. The minimum Gasteiger partial charge on any atom is -0.355 e. The second-order valence-electron chi connectivity index (χ2n) is 4.90. The molecule has 1 atom stereocenters. The van der Waals surface area contributed by atoms with Crippen LogP contribution in [-0.4, -0.2) is 50.2 Å². The monoisotopic (exact) mass is 234 g/mol. The van der Waals surface area contributed by atoms with Crippen LogP contribution in [0.15, 0.2) is 18.3 Å². The third kappa shape index (κ3) is 2.96. The number of hydrogen-bond acceptors (Lipinski definition) is 4. The zero-order valence-corrected chi connectivity index (χ0v) is 11.0. The molecule has 2 rings (SSSR count). The van der Waals surface area contributed by atoms with Gasteiger partial charge in [-0.25, -0.2) is 4.98 Å². The average molecular weight is 234 g/mol. The Morgan fingerprint density at radius 2 is 2.35 bits per heavy atom. The Bertz CT molecular complexity index is 364. The van der Waals surface area contributed by atoms with E-state index in [0.29, 0.717) is 6.04 Å². The molecule has 94 valence electrons. The Morgan fingerprint density at radius 3 is 3.00 bits per heavy atom. The van der Waals surface area contributed by atoms with Crippen LogP contribution in [0.25, 0.3) is 0 Å². The minimum absolute atomic E-state index is 0.657. The fourth-order valence-corrected chi connectivity index (χ4v) is 2.32. The molecule has 0 bridgehead atoms. The summed E-state index contributed by atoms with van der Waals surface area (Å²) in [7, 11) is 6.27. The van der Waals surface area contributed by atoms with Gasteiger partial charge in [0.05, 0.1) is 0 Å². The third-order valence-corrected chi connectivity index (χ3v) is 3.41. The van der Waals surface area contributed by atoms with Crippen LogP contribution in [0, 0.1) is 0 Å². The van der Waals surface area contributed by atoms with E-state index in [9.17, 15) is 0 Å². The topological polar surface area (TPSA) is 31.4 Å². The molecule has 1 saturated heterocycles. The lowest BCUT2D eigenvalue weighted by atomic mass is 10.2. The van der Waals surface area contributed by atoms with Crippen molar-refractivity contribution in [3.8, 4) is 0 Å². The molecule has 0 radical (unpaired) electrons. The van der Waals surface area contributed by atoms with Crippen LogP contribution in [0.1, 0.15) is 12.0 Å². The smallest absolute Gasteiger partial charge is 0.128 e. The molecule has 0 amide bonds. The number of anilines is 1. The fraction of sp³-hybridized carbons (Fsp3) is 0.615. The predicted octanol–water partition coefficient (Wildman–Crippen LogP) is 0.941. The van der Waals surface area contributed by atoms with Crippen molar-refractivity contribution in [2.75, 3.05) is 39.1 Å². The van der Waals surface area contributed by atoms with Crippen LogP contribution in [0.4, 0.5) is 5.82 Å². The number of likely N-dealkylation sites (N-methyl/N-ethyl adjacent to an activating group) is 1. The summed E-state index contributed by atoms with van der Waals surface area (Å²) in [6.45, 7) is 3.10. The Hall–Kier alpha value is -1.13. The molecule has 1 fully saturated rings. The van der Waals surface area contributed by atoms with Gasteiger partial charge in [-0.15, -0.1) is 0 Å². The molecule has 0 aromatic carbocycles. The first-order valence-corrected chi connectivity index (χ1v) is 6.21. The van der Waals surface area contributed by atoms with Gasteiger partial charge in [0.1, 0.15) is 5.82 Å². The standard InChI is InChI=1S/C13H22N4/c1-14-9-11-4-6-15-13(8-11)17-7-5-12(10-17)16(2)3/h4,6,8,12,14H,5,7,9-10H2,1-3H3. The Kier molecular flexibility index (Phi) is 3.97. The zero-order chi connectivity index (χ0) is 12.3. The van der Waals surface area contributed by atoms with Crippen LogP contribution in [0.3, 0.4) is 0 Å². The maximum atomic E-state index is 4.48. The molecular weight excluding hydrogens is 212 g/mol. The van der Waals surface area contributed by atoms with E-state index in [0.717, 1.165) is 25.5 Å². The van der Waals surface area contributed by atoms with E-state index in [1.165, 1.54) is 12.0 Å². The quantitative estimate of drug-likeness (QED) is 0.840. The van der Waals surface area contributed by atoms with E-state index in [4.69, 9.17) is 0 Å². The molecule has 1 aromatic heterocycles. The van der Waals surface area contributed by atoms with Crippen molar-refractivity contribution < 1.29 is 0 Å². The SMILES string of the molecule is CNCc1ccnc(N2CCC(N(C)C)C2)c1. The van der Waals surface area contributed by atoms with Gasteiger partial charge < -0.3 is 15.1 Å². The van der Waals surface area contributed by atoms with Gasteiger partial charge in [0.25, 0.3) is 0 Å². The molecule has 0 spiro atoms. The second kappa shape index (κ2) is 5.47. The summed E-state index contributed by atoms with van der Waals surface area (Å²) < 4.78 is 0. The van der Waals surface area contributed by atoms with E-state index in [1.807, 2.05) is 13.2 Å². The Labute approximate surface area is 104 Å². The second-order valence-corrected chi connectivity index (χ2v) is 4.90. The summed E-state index contributed by atoms with van der Waals surface area (Å²) in [5.74, 6) is 1.11. The van der Waals surface area contributed by atoms with E-state index >= 15 is 0 Å². The van der Waals surface area contributed by atoms with Crippen molar-refractivity contribution in [3.63, 3.8) is 0 Å². The van der Waals surface area contributed by atoms with Gasteiger partial charge in [-0.3, -0.25) is 0 Å². The number of hydrogen-bond donors (Lipinski definition) is 1. The Morgan fingerprint density at radius 1 is 1.53 bits per heavy atom. The summed E-state index contributed by atoms with van der Waals surface area (Å²) in [5, 5.41) is 3.17. The highest BCUT2D eigenvalue weighted by atomic mass is 15.3. The molecule has 1 aliphatic heterocycles. The van der Waals surface area contributed by atoms with Crippen LogP contribution < -0.4 is 10.2 Å². The fourth-order valence-electron chi connectivity index (χ4n) is 2.32. The molecule has 4 heteroatoms. The van der Waals surface area contributed by atoms with E-state index in [-0.39, 0.29) is 0 Å². The molecule has 0 saturated carbocycles. The zero-order valence-electron chi connectivity index (χ0n) is 11.0. The Balaban J connectivity index is 2.05. The molecule has 0 aliphatic carbocycles. The van der Waals surface area contributed by atoms with Crippen molar-refractivity contribution in [2.24, 2.45) is 0 Å². The van der Waals surface area contributed by atoms with Crippen LogP contribution in [-0.2, 0) is 6.54 Å². The lowest BCUT2D eigenvalue weighted by molar-refractivity contribution is 0.315. The molecule has 1 unspecified atom stereocenters. The first-order valence-electron chi connectivity index (χ1n) is 6.21. The van der Waals surface area contributed by atoms with Gasteiger partial charge in [-0.05, 0) is 45.3 Å². The maximum absolute atomic E-state index is 4.48. The van der Waals surface area contributed by atoms with Gasteiger partial charge >= 0.3 is 0 Å². The van der Waals surface area contributed by atoms with E-state index in [2.05, 4.69) is 46.3 Å². The summed E-state index contributed by atoms with van der Waals surface area (Å²) in [6, 6.07) is 4.92. The molecule has 4 nitrogen and oxygen atoms in total. The summed E-state index contributed by atoms with van der Waals surface area (Å²) in [4.78, 5) is 9.16. The first-order chi connectivity index (χ1) is 8.20. The summed E-state index contributed by atoms with van der Waals surface area (Å²) in [5.41, 5.74) is 1.30. The van der Waals surface area contributed by atoms with Crippen molar-refractivity contribution >= 4 is 5.82 Å². The van der Waals surface area contributed by atoms with Crippen LogP contribution in [0.5, 0.6) is 0 Å². The van der Waals surface area contributed by atoms with E-state index < -0.39 is 0 Å². The van der Waals surface area contributed by atoms with Gasteiger partial charge in [0.15, 0.2) is 0 Å². The average Bonchev–Trinajstić information content (AvgIpc) is 2.79. The van der Waals surface area contributed by atoms with E-state index in [1.54, 1.807) is 0 Å². The van der Waals surface area contributed by atoms with Crippen molar-refractivity contribution in [3.05, 3.63) is 23.9 Å². The number of pyridine rings is 1. The largest absolute Gasteiger partial charge is 0.355 e. The van der Waals surface area contributed by atoms with Gasteiger partial charge in [0.2, 0.25) is 0 Å².